The van der Waals surface area contributed by atoms with E-state index < -0.39 is 0 Å². The van der Waals surface area contributed by atoms with E-state index in [1.54, 1.807) is 6.20 Å². The number of hydrogen-bond donors (Lipinski definition) is 0. The molecule has 8 heavy (non-hydrogen) atoms. The fourth-order valence-electron chi connectivity index (χ4n) is 0.371. The predicted octanol–water partition coefficient (Wildman–Crippen LogP) is 1.75. The molecule has 0 radical (unpaired) electrons. The van der Waals surface area contributed by atoms with E-state index in [9.17, 15) is 0 Å². The van der Waals surface area contributed by atoms with Crippen molar-refractivity contribution in [3.8, 4) is 0 Å². The van der Waals surface area contributed by atoms with Crippen LogP contribution in [0.1, 0.15) is 0 Å². The number of halogens is 1. The van der Waals surface area contributed by atoms with Crippen molar-refractivity contribution in [2.24, 2.45) is 0 Å². The Kier molecular flexibility index (Phi) is 1.81. The predicted molar refractivity (Wildman–Crippen MR) is 37.6 cm³/mol. The molecule has 0 atom stereocenters. The molecule has 0 amide bonds. The van der Waals surface area contributed by atoms with E-state index in [0.29, 0.717) is 5.03 Å². The number of aromatic nitrogens is 1. The minimum atomic E-state index is 0.618. The highest BCUT2D eigenvalue weighted by Gasteiger charge is 1.80. The number of nitrogens with zero attached hydrogens (tertiary/aromatic N) is 1. The van der Waals surface area contributed by atoms with Gasteiger partial charge in [0.1, 0.15) is 0 Å². The molecule has 1 heterocycles. The molecule has 0 saturated heterocycles. The van der Waals surface area contributed by atoms with Crippen LogP contribution in [0.3, 0.4) is 0 Å². The topological polar surface area (TPSA) is 12.9 Å². The summed E-state index contributed by atoms with van der Waals surface area (Å²) in [6.07, 6.45) is 1.67. The van der Waals surface area contributed by atoms with Gasteiger partial charge in [-0.1, -0.05) is 21.0 Å². The molecule has 1 nitrogen and oxygen atoms in total. The second kappa shape index (κ2) is 2.42. The second-order valence-corrected chi connectivity index (χ2v) is 2.53. The lowest BCUT2D eigenvalue weighted by Gasteiger charge is -2.03. The Morgan fingerprint density at radius 1 is 1.62 bits per heavy atom. The summed E-state index contributed by atoms with van der Waals surface area (Å²) >= 11 is 8.02. The van der Waals surface area contributed by atoms with E-state index in [1.165, 1.54) is 0 Å². The van der Waals surface area contributed by atoms with Gasteiger partial charge in [-0.25, -0.2) is 0 Å². The average Bonchev–Trinajstić information content (AvgIpc) is 1.77. The summed E-state index contributed by atoms with van der Waals surface area (Å²) in [5, 5.41) is 0.618. The fraction of sp³-hybridized carbons (Fsp3) is 0. The van der Waals surface area contributed by atoms with E-state index in [0.717, 1.165) is 4.47 Å². The molecule has 0 fully saturated rings. The van der Waals surface area contributed by atoms with Gasteiger partial charge in [0.2, 0.25) is 0 Å². The zero-order chi connectivity index (χ0) is 5.98. The van der Waals surface area contributed by atoms with Gasteiger partial charge in [0.25, 0.3) is 0 Å². The molecule has 0 N–H and O–H groups in total. The maximum absolute atomic E-state index is 4.80. The first-order valence-electron chi connectivity index (χ1n) is 2.08. The van der Waals surface area contributed by atoms with E-state index in [-0.39, 0.29) is 0 Å². The Labute approximate surface area is 61.7 Å². The monoisotopic (exact) mass is 188 g/mol. The molecule has 0 bridgehead atoms. The van der Waals surface area contributed by atoms with Gasteiger partial charge in [0, 0.05) is 10.7 Å². The van der Waals surface area contributed by atoms with Gasteiger partial charge in [0.05, 0.1) is 0 Å². The van der Waals surface area contributed by atoms with Gasteiger partial charge in [-0.2, -0.15) is 0 Å². The molecule has 0 saturated carbocycles. The van der Waals surface area contributed by atoms with Crippen LogP contribution in [0.5, 0.6) is 0 Å². The van der Waals surface area contributed by atoms with Crippen molar-refractivity contribution >= 4 is 28.6 Å². The summed E-state index contributed by atoms with van der Waals surface area (Å²) in [4.78, 5) is 3.85. The zero-order valence-electron chi connectivity index (χ0n) is 3.97. The highest BCUT2D eigenvalue weighted by atomic mass is 79.9. The normalized spacial score (nSPS) is 9.12. The quantitative estimate of drug-likeness (QED) is 0.576. The first-order valence-corrected chi connectivity index (χ1v) is 3.28. The lowest BCUT2D eigenvalue weighted by molar-refractivity contribution is 1.12. The minimum Gasteiger partial charge on any atom is -0.759 e. The van der Waals surface area contributed by atoms with E-state index in [2.05, 4.69) is 20.9 Å². The lowest BCUT2D eigenvalue weighted by atomic mass is 10.5. The van der Waals surface area contributed by atoms with Crippen molar-refractivity contribution in [1.29, 1.82) is 0 Å². The number of hydrogen-bond acceptors (Lipinski definition) is 2. The second-order valence-electron chi connectivity index (χ2n) is 1.29. The molecule has 0 aliphatic carbocycles. The third-order valence-electron chi connectivity index (χ3n) is 0.725. The molecule has 0 aliphatic heterocycles. The van der Waals surface area contributed by atoms with Crippen LogP contribution in [0, 0.1) is 0 Å². The molecule has 1 aromatic heterocycles. The average molecular weight is 189 g/mol. The number of pyridine rings is 1. The highest BCUT2D eigenvalue weighted by molar-refractivity contribution is 9.10. The standard InChI is InChI=1S/C5H4BrNS/c6-4-2-1-3-7-5(4)8/h1-3H,(H,7,8)/p-1. The van der Waals surface area contributed by atoms with Crippen LogP contribution < -0.4 is 0 Å². The van der Waals surface area contributed by atoms with Crippen LogP contribution >= 0.6 is 15.9 Å². The Hall–Kier alpha value is -0.150. The Bertz CT molecular complexity index is 169. The lowest BCUT2D eigenvalue weighted by Crippen LogP contribution is -1.76. The summed E-state index contributed by atoms with van der Waals surface area (Å²) in [5.41, 5.74) is 0. The Morgan fingerprint density at radius 3 is 2.75 bits per heavy atom. The van der Waals surface area contributed by atoms with Gasteiger partial charge in [-0.15, -0.1) is 0 Å². The first-order chi connectivity index (χ1) is 3.80. The maximum atomic E-state index is 4.80. The summed E-state index contributed by atoms with van der Waals surface area (Å²) in [7, 11) is 0. The zero-order valence-corrected chi connectivity index (χ0v) is 6.37. The van der Waals surface area contributed by atoms with Gasteiger partial charge in [0.15, 0.2) is 0 Å². The molecule has 1 rings (SSSR count). The van der Waals surface area contributed by atoms with E-state index in [4.69, 9.17) is 12.6 Å². The molecule has 42 valence electrons. The first kappa shape index (κ1) is 5.98. The van der Waals surface area contributed by atoms with Crippen LogP contribution in [-0.2, 0) is 12.6 Å². The third-order valence-corrected chi connectivity index (χ3v) is 1.95. The summed E-state index contributed by atoms with van der Waals surface area (Å²) in [6, 6.07) is 3.70. The molecule has 0 spiro atoms. The third kappa shape index (κ3) is 1.17. The largest absolute Gasteiger partial charge is 0.759 e. The van der Waals surface area contributed by atoms with Crippen LogP contribution in [0.25, 0.3) is 0 Å². The summed E-state index contributed by atoms with van der Waals surface area (Å²) < 4.78 is 0.884. The number of rotatable bonds is 0. The maximum Gasteiger partial charge on any atom is 0.0250 e. The highest BCUT2D eigenvalue weighted by Crippen LogP contribution is 2.10. The fourth-order valence-corrected chi connectivity index (χ4v) is 0.755. The molecule has 0 aromatic carbocycles. The van der Waals surface area contributed by atoms with Crippen molar-refractivity contribution in [1.82, 2.24) is 4.98 Å². The van der Waals surface area contributed by atoms with Crippen molar-refractivity contribution in [3.63, 3.8) is 0 Å². The van der Waals surface area contributed by atoms with Crippen LogP contribution in [0.4, 0.5) is 0 Å². The Balaban J connectivity index is 3.13. The molecular weight excluding hydrogens is 186 g/mol. The van der Waals surface area contributed by atoms with Crippen molar-refractivity contribution < 1.29 is 0 Å². The van der Waals surface area contributed by atoms with Gasteiger partial charge < -0.3 is 12.6 Å². The van der Waals surface area contributed by atoms with E-state index >= 15 is 0 Å². The molecule has 3 heteroatoms. The van der Waals surface area contributed by atoms with Crippen LogP contribution in [0.15, 0.2) is 27.8 Å². The molecular formula is C5H3BrNS-. The van der Waals surface area contributed by atoms with Crippen LogP contribution in [0.2, 0.25) is 0 Å². The van der Waals surface area contributed by atoms with Crippen LogP contribution in [-0.4, -0.2) is 4.98 Å². The Morgan fingerprint density at radius 2 is 2.38 bits per heavy atom. The summed E-state index contributed by atoms with van der Waals surface area (Å²) in [5.74, 6) is 0. The molecule has 1 aromatic rings. The van der Waals surface area contributed by atoms with Crippen molar-refractivity contribution in [2.75, 3.05) is 0 Å². The molecule has 0 aliphatic rings. The van der Waals surface area contributed by atoms with E-state index in [1.807, 2.05) is 12.1 Å². The summed E-state index contributed by atoms with van der Waals surface area (Å²) in [6.45, 7) is 0. The van der Waals surface area contributed by atoms with Crippen molar-refractivity contribution in [2.45, 2.75) is 5.03 Å². The van der Waals surface area contributed by atoms with Gasteiger partial charge in [-0.05, 0) is 12.1 Å². The van der Waals surface area contributed by atoms with Gasteiger partial charge in [-0.3, -0.25) is 4.98 Å². The van der Waals surface area contributed by atoms with Gasteiger partial charge >= 0.3 is 0 Å². The smallest absolute Gasteiger partial charge is 0.0250 e. The molecule has 0 unspecified atom stereocenters. The minimum absolute atomic E-state index is 0.618. The van der Waals surface area contributed by atoms with Crippen molar-refractivity contribution in [3.05, 3.63) is 22.8 Å². The SMILES string of the molecule is [S-]c1ncccc1Br.